The molecule has 1 aromatic carbocycles. The second-order valence-electron chi connectivity index (χ2n) is 4.60. The van der Waals surface area contributed by atoms with Crippen molar-refractivity contribution in [3.8, 4) is 0 Å². The molecule has 1 heterocycles. The van der Waals surface area contributed by atoms with E-state index in [0.29, 0.717) is 12.1 Å². The van der Waals surface area contributed by atoms with Gasteiger partial charge in [-0.15, -0.1) is 0 Å². The van der Waals surface area contributed by atoms with Crippen molar-refractivity contribution in [3.63, 3.8) is 0 Å². The lowest BCUT2D eigenvalue weighted by atomic mass is 10.1. The molecule has 2 aromatic rings. The molecule has 2 unspecified atom stereocenters. The van der Waals surface area contributed by atoms with Gasteiger partial charge in [0.2, 0.25) is 0 Å². The SMILES string of the molecule is CC(CCNC(=O)c1cccc2cc[nH]c12)S(C)=O. The third-order valence-electron chi connectivity index (χ3n) is 3.23. The van der Waals surface area contributed by atoms with Crippen LogP contribution in [-0.2, 0) is 10.8 Å². The van der Waals surface area contributed by atoms with E-state index in [9.17, 15) is 9.00 Å². The molecule has 2 rings (SSSR count). The van der Waals surface area contributed by atoms with Gasteiger partial charge in [0.05, 0.1) is 11.1 Å². The average molecular weight is 278 g/mol. The van der Waals surface area contributed by atoms with Crippen LogP contribution in [0.25, 0.3) is 10.9 Å². The number of aromatic nitrogens is 1. The number of carbonyl (C=O) groups excluding carboxylic acids is 1. The third kappa shape index (κ3) is 3.23. The third-order valence-corrected chi connectivity index (χ3v) is 4.60. The number of nitrogens with one attached hydrogen (secondary N) is 2. The van der Waals surface area contributed by atoms with E-state index in [-0.39, 0.29) is 11.2 Å². The molecule has 0 radical (unpaired) electrons. The van der Waals surface area contributed by atoms with Crippen LogP contribution in [0.15, 0.2) is 30.5 Å². The number of carbonyl (C=O) groups is 1. The molecule has 0 saturated heterocycles. The van der Waals surface area contributed by atoms with Crippen LogP contribution in [-0.4, -0.2) is 33.2 Å². The minimum atomic E-state index is -0.843. The first-order valence-electron chi connectivity index (χ1n) is 6.26. The van der Waals surface area contributed by atoms with E-state index < -0.39 is 10.8 Å². The van der Waals surface area contributed by atoms with E-state index in [1.807, 2.05) is 31.3 Å². The van der Waals surface area contributed by atoms with Gasteiger partial charge in [0.1, 0.15) is 0 Å². The highest BCUT2D eigenvalue weighted by Gasteiger charge is 2.11. The Kier molecular flexibility index (Phi) is 4.37. The first-order valence-corrected chi connectivity index (χ1v) is 7.88. The van der Waals surface area contributed by atoms with Crippen LogP contribution in [0.1, 0.15) is 23.7 Å². The maximum atomic E-state index is 12.1. The van der Waals surface area contributed by atoms with Gasteiger partial charge in [0.15, 0.2) is 0 Å². The molecule has 0 bridgehead atoms. The van der Waals surface area contributed by atoms with E-state index in [2.05, 4.69) is 10.3 Å². The van der Waals surface area contributed by atoms with Gasteiger partial charge in [-0.05, 0) is 18.6 Å². The van der Waals surface area contributed by atoms with Crippen molar-refractivity contribution in [1.29, 1.82) is 0 Å². The number of aromatic amines is 1. The van der Waals surface area contributed by atoms with Crippen molar-refractivity contribution >= 4 is 27.6 Å². The zero-order valence-electron chi connectivity index (χ0n) is 11.1. The van der Waals surface area contributed by atoms with Gasteiger partial charge in [-0.25, -0.2) is 0 Å². The number of para-hydroxylation sites is 1. The number of rotatable bonds is 5. The Labute approximate surface area is 115 Å². The van der Waals surface area contributed by atoms with Gasteiger partial charge in [0, 0.05) is 40.4 Å². The fraction of sp³-hybridized carbons (Fsp3) is 0.357. The monoisotopic (exact) mass is 278 g/mol. The minimum Gasteiger partial charge on any atom is -0.361 e. The van der Waals surface area contributed by atoms with Gasteiger partial charge < -0.3 is 10.3 Å². The zero-order chi connectivity index (χ0) is 13.8. The molecule has 4 nitrogen and oxygen atoms in total. The number of hydrogen-bond donors (Lipinski definition) is 2. The van der Waals surface area contributed by atoms with Crippen molar-refractivity contribution in [3.05, 3.63) is 36.0 Å². The number of H-pyrrole nitrogens is 1. The highest BCUT2D eigenvalue weighted by Crippen LogP contribution is 2.16. The lowest BCUT2D eigenvalue weighted by Crippen LogP contribution is -2.27. The summed E-state index contributed by atoms with van der Waals surface area (Å²) in [6.45, 7) is 2.46. The van der Waals surface area contributed by atoms with E-state index in [0.717, 1.165) is 17.3 Å². The quantitative estimate of drug-likeness (QED) is 0.879. The van der Waals surface area contributed by atoms with E-state index in [1.54, 1.807) is 12.3 Å². The fourth-order valence-electron chi connectivity index (χ4n) is 1.92. The van der Waals surface area contributed by atoms with Crippen LogP contribution in [0.3, 0.4) is 0 Å². The maximum Gasteiger partial charge on any atom is 0.253 e. The molecule has 0 spiro atoms. The average Bonchev–Trinajstić information content (AvgIpc) is 2.86. The van der Waals surface area contributed by atoms with E-state index in [4.69, 9.17) is 0 Å². The number of hydrogen-bond acceptors (Lipinski definition) is 2. The van der Waals surface area contributed by atoms with Crippen LogP contribution in [0.2, 0.25) is 0 Å². The summed E-state index contributed by atoms with van der Waals surface area (Å²) in [5, 5.41) is 4.00. The summed E-state index contributed by atoms with van der Waals surface area (Å²) < 4.78 is 11.2. The molecule has 0 aliphatic rings. The van der Waals surface area contributed by atoms with Crippen molar-refractivity contribution in [1.82, 2.24) is 10.3 Å². The summed E-state index contributed by atoms with van der Waals surface area (Å²) in [6.07, 6.45) is 4.23. The fourth-order valence-corrected chi connectivity index (χ4v) is 2.37. The summed E-state index contributed by atoms with van der Waals surface area (Å²) in [5.74, 6) is -0.0952. The molecule has 0 aliphatic carbocycles. The summed E-state index contributed by atoms with van der Waals surface area (Å²) in [7, 11) is -0.843. The molecule has 5 heteroatoms. The van der Waals surface area contributed by atoms with Crippen molar-refractivity contribution in [2.75, 3.05) is 12.8 Å². The van der Waals surface area contributed by atoms with Crippen molar-refractivity contribution in [2.45, 2.75) is 18.6 Å². The predicted molar refractivity (Wildman–Crippen MR) is 78.8 cm³/mol. The Balaban J connectivity index is 2.00. The normalized spacial score (nSPS) is 14.2. The van der Waals surface area contributed by atoms with Gasteiger partial charge in [-0.1, -0.05) is 19.1 Å². The molecule has 0 saturated carbocycles. The molecule has 0 aliphatic heterocycles. The molecular formula is C14H18N2O2S. The minimum absolute atomic E-state index is 0.0952. The van der Waals surface area contributed by atoms with Crippen molar-refractivity contribution < 1.29 is 9.00 Å². The molecule has 19 heavy (non-hydrogen) atoms. The van der Waals surface area contributed by atoms with Crippen LogP contribution in [0.4, 0.5) is 0 Å². The molecule has 102 valence electrons. The largest absolute Gasteiger partial charge is 0.361 e. The van der Waals surface area contributed by atoms with Crippen LogP contribution in [0.5, 0.6) is 0 Å². The second kappa shape index (κ2) is 6.02. The summed E-state index contributed by atoms with van der Waals surface area (Å²) in [6, 6.07) is 7.57. The topological polar surface area (TPSA) is 62.0 Å². The number of fused-ring (bicyclic) bond motifs is 1. The zero-order valence-corrected chi connectivity index (χ0v) is 11.9. The van der Waals surface area contributed by atoms with Gasteiger partial charge in [-0.3, -0.25) is 9.00 Å². The van der Waals surface area contributed by atoms with Gasteiger partial charge in [0.25, 0.3) is 5.91 Å². The lowest BCUT2D eigenvalue weighted by molar-refractivity contribution is 0.0955. The number of amides is 1. The van der Waals surface area contributed by atoms with E-state index in [1.165, 1.54) is 0 Å². The summed E-state index contributed by atoms with van der Waals surface area (Å²) >= 11 is 0. The Morgan fingerprint density at radius 2 is 2.21 bits per heavy atom. The summed E-state index contributed by atoms with van der Waals surface area (Å²) in [5.41, 5.74) is 1.50. The number of benzene rings is 1. The Hall–Kier alpha value is -1.62. The van der Waals surface area contributed by atoms with E-state index >= 15 is 0 Å². The van der Waals surface area contributed by atoms with Gasteiger partial charge in [-0.2, -0.15) is 0 Å². The first-order chi connectivity index (χ1) is 9.09. The smallest absolute Gasteiger partial charge is 0.253 e. The lowest BCUT2D eigenvalue weighted by Gasteiger charge is -2.09. The Morgan fingerprint density at radius 1 is 1.42 bits per heavy atom. The molecule has 0 fully saturated rings. The Bertz CT molecular complexity index is 606. The first kappa shape index (κ1) is 13.8. The molecule has 2 atom stereocenters. The second-order valence-corrected chi connectivity index (χ2v) is 6.40. The Morgan fingerprint density at radius 3 is 2.95 bits per heavy atom. The molecular weight excluding hydrogens is 260 g/mol. The molecule has 2 N–H and O–H groups in total. The predicted octanol–water partition coefficient (Wildman–Crippen LogP) is 2.05. The highest BCUT2D eigenvalue weighted by atomic mass is 32.2. The maximum absolute atomic E-state index is 12.1. The standard InChI is InChI=1S/C14H18N2O2S/c1-10(19(2)18)6-8-16-14(17)12-5-3-4-11-7-9-15-13(11)12/h3-5,7,9-10,15H,6,8H2,1-2H3,(H,16,17). The highest BCUT2D eigenvalue weighted by molar-refractivity contribution is 7.84. The molecule has 1 amide bonds. The van der Waals surface area contributed by atoms with Crippen LogP contribution >= 0.6 is 0 Å². The summed E-state index contributed by atoms with van der Waals surface area (Å²) in [4.78, 5) is 15.2. The molecule has 1 aromatic heterocycles. The van der Waals surface area contributed by atoms with Crippen LogP contribution in [0, 0.1) is 0 Å². The van der Waals surface area contributed by atoms with Crippen molar-refractivity contribution in [2.24, 2.45) is 0 Å². The van der Waals surface area contributed by atoms with Gasteiger partial charge >= 0.3 is 0 Å². The van der Waals surface area contributed by atoms with Crippen LogP contribution < -0.4 is 5.32 Å².